The van der Waals surface area contributed by atoms with Crippen LogP contribution in [0.15, 0.2) is 12.3 Å². The van der Waals surface area contributed by atoms with Crippen molar-refractivity contribution in [2.75, 3.05) is 32.5 Å². The van der Waals surface area contributed by atoms with Gasteiger partial charge in [0.2, 0.25) is 5.91 Å². The highest BCUT2D eigenvalue weighted by Crippen LogP contribution is 2.38. The van der Waals surface area contributed by atoms with E-state index < -0.39 is 0 Å². The fourth-order valence-corrected chi connectivity index (χ4v) is 3.14. The van der Waals surface area contributed by atoms with Crippen molar-refractivity contribution in [3.05, 3.63) is 12.3 Å². The summed E-state index contributed by atoms with van der Waals surface area (Å²) in [6.07, 6.45) is 8.17. The van der Waals surface area contributed by atoms with Gasteiger partial charge in [0.05, 0.1) is 6.54 Å². The fraction of sp³-hybridized carbons (Fsp3) is 0.750. The molecule has 24 heavy (non-hydrogen) atoms. The lowest BCUT2D eigenvalue weighted by Crippen LogP contribution is -2.36. The molecule has 1 aromatic rings. The Morgan fingerprint density at radius 3 is 2.58 bits per heavy atom. The molecule has 1 aliphatic rings. The Kier molecular flexibility index (Phi) is 10.6. The third kappa shape index (κ3) is 6.97. The van der Waals surface area contributed by atoms with E-state index in [4.69, 9.17) is 5.73 Å². The monoisotopic (exact) mass is 379 g/mol. The summed E-state index contributed by atoms with van der Waals surface area (Å²) >= 11 is 0. The number of nitrogens with two attached hydrogens (primary N) is 1. The average Bonchev–Trinajstić information content (AvgIpc) is 2.93. The number of halogens is 2. The summed E-state index contributed by atoms with van der Waals surface area (Å²) in [4.78, 5) is 14.4. The van der Waals surface area contributed by atoms with Gasteiger partial charge in [-0.2, -0.15) is 5.10 Å². The Morgan fingerprint density at radius 1 is 1.33 bits per heavy atom. The highest BCUT2D eigenvalue weighted by Gasteiger charge is 2.33. The van der Waals surface area contributed by atoms with Crippen LogP contribution in [-0.2, 0) is 11.3 Å². The zero-order valence-corrected chi connectivity index (χ0v) is 16.3. The number of carbonyl (C=O) groups excluding carboxylic acids is 1. The minimum Gasteiger partial charge on any atom is -0.330 e. The number of amides is 1. The lowest BCUT2D eigenvalue weighted by atomic mass is 9.71. The molecule has 0 radical (unpaired) electrons. The Balaban J connectivity index is 0.00000264. The van der Waals surface area contributed by atoms with E-state index in [1.54, 1.807) is 0 Å². The van der Waals surface area contributed by atoms with Crippen molar-refractivity contribution in [1.29, 1.82) is 0 Å². The Hall–Kier alpha value is -0.820. The summed E-state index contributed by atoms with van der Waals surface area (Å²) in [5.41, 5.74) is 5.94. The molecule has 1 aromatic heterocycles. The van der Waals surface area contributed by atoms with Crippen LogP contribution in [0.2, 0.25) is 0 Å². The second kappa shape index (κ2) is 10.9. The van der Waals surface area contributed by atoms with E-state index in [2.05, 4.69) is 15.3 Å². The van der Waals surface area contributed by atoms with E-state index in [9.17, 15) is 4.79 Å². The van der Waals surface area contributed by atoms with E-state index in [1.807, 2.05) is 31.0 Å². The zero-order chi connectivity index (χ0) is 16.0. The number of aromatic nitrogens is 2. The molecule has 1 amide bonds. The number of carbonyl (C=O) groups is 1. The van der Waals surface area contributed by atoms with Crippen LogP contribution in [0.1, 0.15) is 38.5 Å². The summed E-state index contributed by atoms with van der Waals surface area (Å²) in [7, 11) is 4.06. The van der Waals surface area contributed by atoms with Crippen LogP contribution in [0.25, 0.3) is 0 Å². The molecule has 1 saturated carbocycles. The lowest BCUT2D eigenvalue weighted by molar-refractivity contribution is -0.118. The molecule has 6 nitrogen and oxygen atoms in total. The average molecular weight is 380 g/mol. The quantitative estimate of drug-likeness (QED) is 0.762. The first-order valence-electron chi connectivity index (χ1n) is 8.21. The Morgan fingerprint density at radius 2 is 2.00 bits per heavy atom. The molecule has 140 valence electrons. The summed E-state index contributed by atoms with van der Waals surface area (Å²) in [6, 6.07) is 1.85. The van der Waals surface area contributed by atoms with Gasteiger partial charge in [-0.15, -0.1) is 24.8 Å². The minimum atomic E-state index is -0.00415. The van der Waals surface area contributed by atoms with Gasteiger partial charge in [-0.1, -0.05) is 19.3 Å². The number of likely N-dealkylation sites (N-methyl/N-ethyl adjacent to an activating group) is 1. The molecule has 0 spiro atoms. The summed E-state index contributed by atoms with van der Waals surface area (Å²) < 4.78 is 1.86. The molecular formula is C16H31Cl2N5O. The molecule has 3 N–H and O–H groups in total. The molecule has 0 atom stereocenters. The van der Waals surface area contributed by atoms with Crippen LogP contribution in [0, 0.1) is 5.41 Å². The van der Waals surface area contributed by atoms with Crippen LogP contribution in [0.4, 0.5) is 5.82 Å². The topological polar surface area (TPSA) is 76.2 Å². The minimum absolute atomic E-state index is 0. The van der Waals surface area contributed by atoms with E-state index >= 15 is 0 Å². The number of anilines is 1. The SMILES string of the molecule is CN(C)CCn1ccc(NC(=O)CC2(CN)CCCCC2)n1.Cl.Cl. The second-order valence-corrected chi connectivity index (χ2v) is 6.76. The van der Waals surface area contributed by atoms with Gasteiger partial charge >= 0.3 is 0 Å². The smallest absolute Gasteiger partial charge is 0.226 e. The van der Waals surface area contributed by atoms with E-state index in [1.165, 1.54) is 19.3 Å². The predicted molar refractivity (Wildman–Crippen MR) is 103 cm³/mol. The van der Waals surface area contributed by atoms with Crippen LogP contribution < -0.4 is 11.1 Å². The van der Waals surface area contributed by atoms with Crippen molar-refractivity contribution in [2.45, 2.75) is 45.1 Å². The molecule has 8 heteroatoms. The van der Waals surface area contributed by atoms with Crippen LogP contribution >= 0.6 is 24.8 Å². The predicted octanol–water partition coefficient (Wildman–Crippen LogP) is 2.53. The maximum Gasteiger partial charge on any atom is 0.226 e. The molecule has 0 aliphatic heterocycles. The number of hydrogen-bond acceptors (Lipinski definition) is 4. The maximum atomic E-state index is 12.3. The molecule has 1 fully saturated rings. The Bertz CT molecular complexity index is 487. The van der Waals surface area contributed by atoms with Gasteiger partial charge in [0, 0.05) is 25.2 Å². The molecule has 2 rings (SSSR count). The molecule has 0 saturated heterocycles. The van der Waals surface area contributed by atoms with E-state index in [0.29, 0.717) is 18.8 Å². The molecule has 1 heterocycles. The molecule has 0 aromatic carbocycles. The van der Waals surface area contributed by atoms with E-state index in [-0.39, 0.29) is 36.1 Å². The van der Waals surface area contributed by atoms with Gasteiger partial charge in [0.1, 0.15) is 0 Å². The normalized spacial score (nSPS) is 16.2. The number of nitrogens with one attached hydrogen (secondary N) is 1. The summed E-state index contributed by atoms with van der Waals surface area (Å²) in [5, 5.41) is 7.31. The summed E-state index contributed by atoms with van der Waals surface area (Å²) in [6.45, 7) is 2.33. The lowest BCUT2D eigenvalue weighted by Gasteiger charge is -2.35. The van der Waals surface area contributed by atoms with Crippen molar-refractivity contribution >= 4 is 36.5 Å². The Labute approximate surface area is 157 Å². The number of rotatable bonds is 7. The van der Waals surface area contributed by atoms with Gasteiger partial charge in [-0.05, 0) is 38.9 Å². The van der Waals surface area contributed by atoms with Gasteiger partial charge in [0.15, 0.2) is 5.82 Å². The third-order valence-electron chi connectivity index (χ3n) is 4.57. The largest absolute Gasteiger partial charge is 0.330 e. The molecular weight excluding hydrogens is 349 g/mol. The van der Waals surface area contributed by atoms with Crippen LogP contribution in [0.5, 0.6) is 0 Å². The van der Waals surface area contributed by atoms with E-state index in [0.717, 1.165) is 25.9 Å². The van der Waals surface area contributed by atoms with Gasteiger partial charge < -0.3 is 16.0 Å². The standard InChI is InChI=1S/C16H29N5O.2ClH/c1-20(2)10-11-21-9-6-14(19-21)18-15(22)12-16(13-17)7-4-3-5-8-16;;/h6,9H,3-5,7-8,10-13,17H2,1-2H3,(H,18,19,22);2*1H. The summed E-state index contributed by atoms with van der Waals surface area (Å²) in [5.74, 6) is 0.664. The van der Waals surface area contributed by atoms with Crippen molar-refractivity contribution in [1.82, 2.24) is 14.7 Å². The van der Waals surface area contributed by atoms with Gasteiger partial charge in [-0.25, -0.2) is 0 Å². The van der Waals surface area contributed by atoms with Crippen LogP contribution in [0.3, 0.4) is 0 Å². The third-order valence-corrected chi connectivity index (χ3v) is 4.57. The van der Waals surface area contributed by atoms with Crippen molar-refractivity contribution < 1.29 is 4.79 Å². The number of nitrogens with zero attached hydrogens (tertiary/aromatic N) is 3. The molecule has 1 aliphatic carbocycles. The van der Waals surface area contributed by atoms with Crippen molar-refractivity contribution in [3.63, 3.8) is 0 Å². The first-order valence-corrected chi connectivity index (χ1v) is 8.21. The first-order chi connectivity index (χ1) is 10.5. The van der Waals surface area contributed by atoms with Crippen LogP contribution in [-0.4, -0.2) is 47.8 Å². The molecule has 0 unspecified atom stereocenters. The van der Waals surface area contributed by atoms with Crippen molar-refractivity contribution in [2.24, 2.45) is 11.1 Å². The second-order valence-electron chi connectivity index (χ2n) is 6.76. The van der Waals surface area contributed by atoms with Gasteiger partial charge in [-0.3, -0.25) is 9.48 Å². The first kappa shape index (κ1) is 23.2. The molecule has 0 bridgehead atoms. The van der Waals surface area contributed by atoms with Gasteiger partial charge in [0.25, 0.3) is 0 Å². The fourth-order valence-electron chi connectivity index (χ4n) is 3.14. The highest BCUT2D eigenvalue weighted by atomic mass is 35.5. The number of hydrogen-bond donors (Lipinski definition) is 2. The highest BCUT2D eigenvalue weighted by molar-refractivity contribution is 5.90. The zero-order valence-electron chi connectivity index (χ0n) is 14.7. The van der Waals surface area contributed by atoms with Crippen molar-refractivity contribution in [3.8, 4) is 0 Å². The maximum absolute atomic E-state index is 12.3.